The van der Waals surface area contributed by atoms with E-state index in [1.807, 2.05) is 23.8 Å². The highest BCUT2D eigenvalue weighted by Crippen LogP contribution is 2.22. The van der Waals surface area contributed by atoms with Crippen molar-refractivity contribution in [3.8, 4) is 0 Å². The quantitative estimate of drug-likeness (QED) is 0.937. The second-order valence-electron chi connectivity index (χ2n) is 4.39. The molecule has 5 heteroatoms. The lowest BCUT2D eigenvalue weighted by Crippen LogP contribution is -2.20. The molecular weight excluding hydrogens is 269 g/mol. The minimum Gasteiger partial charge on any atom is -0.330 e. The zero-order chi connectivity index (χ0) is 13.1. The van der Waals surface area contributed by atoms with E-state index in [9.17, 15) is 0 Å². The van der Waals surface area contributed by atoms with E-state index >= 15 is 0 Å². The van der Waals surface area contributed by atoms with Crippen LogP contribution in [0, 0.1) is 0 Å². The predicted octanol–water partition coefficient (Wildman–Crippen LogP) is 3.13. The molecule has 96 valence electrons. The molecule has 0 amide bonds. The molecule has 2 aromatic rings. The smallest absolute Gasteiger partial charge is 0.110 e. The summed E-state index contributed by atoms with van der Waals surface area (Å²) in [5.41, 5.74) is 6.78. The summed E-state index contributed by atoms with van der Waals surface area (Å²) < 4.78 is 2.04. The first kappa shape index (κ1) is 13.4. The molecular formula is C13H15Cl2N3. The number of halogens is 2. The van der Waals surface area contributed by atoms with Crippen molar-refractivity contribution in [2.75, 3.05) is 0 Å². The molecule has 3 nitrogen and oxygen atoms in total. The van der Waals surface area contributed by atoms with Gasteiger partial charge in [0.1, 0.15) is 5.82 Å². The molecule has 1 aromatic heterocycles. The van der Waals surface area contributed by atoms with Gasteiger partial charge in [-0.3, -0.25) is 0 Å². The Labute approximate surface area is 117 Å². The summed E-state index contributed by atoms with van der Waals surface area (Å²) in [4.78, 5) is 4.31. The van der Waals surface area contributed by atoms with Crippen LogP contribution in [-0.4, -0.2) is 15.6 Å². The van der Waals surface area contributed by atoms with Crippen LogP contribution in [-0.2, 0) is 13.0 Å². The Morgan fingerprint density at radius 3 is 2.89 bits per heavy atom. The van der Waals surface area contributed by atoms with E-state index in [2.05, 4.69) is 4.98 Å². The van der Waals surface area contributed by atoms with Crippen molar-refractivity contribution < 1.29 is 0 Å². The molecule has 1 atom stereocenters. The van der Waals surface area contributed by atoms with Gasteiger partial charge in [-0.1, -0.05) is 23.2 Å². The highest BCUT2D eigenvalue weighted by atomic mass is 35.5. The molecule has 0 bridgehead atoms. The molecule has 0 aliphatic carbocycles. The summed E-state index contributed by atoms with van der Waals surface area (Å²) in [6.45, 7) is 2.62. The number of hydrogen-bond acceptors (Lipinski definition) is 2. The highest BCUT2D eigenvalue weighted by Gasteiger charge is 2.08. The summed E-state index contributed by atoms with van der Waals surface area (Å²) in [5.74, 6) is 0.959. The molecule has 2 rings (SSSR count). The molecule has 0 saturated carbocycles. The standard InChI is InChI=1S/C13H15Cl2N3/c1-9(16)6-13-17-4-5-18(13)8-10-7-11(14)2-3-12(10)15/h2-5,7,9H,6,8,16H2,1H3. The summed E-state index contributed by atoms with van der Waals surface area (Å²) >= 11 is 12.1. The monoisotopic (exact) mass is 283 g/mol. The number of rotatable bonds is 4. The number of benzene rings is 1. The van der Waals surface area contributed by atoms with E-state index in [1.165, 1.54) is 0 Å². The fraction of sp³-hybridized carbons (Fsp3) is 0.308. The molecule has 1 heterocycles. The van der Waals surface area contributed by atoms with E-state index in [1.54, 1.807) is 18.3 Å². The maximum absolute atomic E-state index is 6.15. The van der Waals surface area contributed by atoms with Gasteiger partial charge in [-0.15, -0.1) is 0 Å². The van der Waals surface area contributed by atoms with Gasteiger partial charge < -0.3 is 10.3 Å². The number of imidazole rings is 1. The van der Waals surface area contributed by atoms with Gasteiger partial charge in [-0.05, 0) is 30.7 Å². The van der Waals surface area contributed by atoms with E-state index in [0.29, 0.717) is 16.6 Å². The Morgan fingerprint density at radius 2 is 2.17 bits per heavy atom. The zero-order valence-electron chi connectivity index (χ0n) is 10.1. The lowest BCUT2D eigenvalue weighted by atomic mass is 10.2. The number of aromatic nitrogens is 2. The van der Waals surface area contributed by atoms with Crippen LogP contribution in [0.1, 0.15) is 18.3 Å². The Balaban J connectivity index is 2.23. The van der Waals surface area contributed by atoms with Gasteiger partial charge in [0.2, 0.25) is 0 Å². The molecule has 2 N–H and O–H groups in total. The fourth-order valence-corrected chi connectivity index (χ4v) is 2.18. The first-order valence-electron chi connectivity index (χ1n) is 5.76. The minimum atomic E-state index is 0.0842. The van der Waals surface area contributed by atoms with E-state index in [0.717, 1.165) is 17.8 Å². The Morgan fingerprint density at radius 1 is 1.39 bits per heavy atom. The number of hydrogen-bond donors (Lipinski definition) is 1. The molecule has 0 spiro atoms. The number of nitrogens with zero attached hydrogens (tertiary/aromatic N) is 2. The maximum Gasteiger partial charge on any atom is 0.110 e. The van der Waals surface area contributed by atoms with Crippen molar-refractivity contribution >= 4 is 23.2 Å². The molecule has 0 aliphatic rings. The van der Waals surface area contributed by atoms with Gasteiger partial charge in [-0.2, -0.15) is 0 Å². The third-order valence-corrected chi connectivity index (χ3v) is 3.26. The topological polar surface area (TPSA) is 43.8 Å². The summed E-state index contributed by atoms with van der Waals surface area (Å²) in [7, 11) is 0. The van der Waals surface area contributed by atoms with Gasteiger partial charge >= 0.3 is 0 Å². The largest absolute Gasteiger partial charge is 0.330 e. The van der Waals surface area contributed by atoms with Crippen molar-refractivity contribution in [3.63, 3.8) is 0 Å². The summed E-state index contributed by atoms with van der Waals surface area (Å²) in [6, 6.07) is 5.55. The molecule has 1 unspecified atom stereocenters. The molecule has 0 saturated heterocycles. The van der Waals surface area contributed by atoms with Gasteiger partial charge in [0.25, 0.3) is 0 Å². The first-order chi connectivity index (χ1) is 8.56. The minimum absolute atomic E-state index is 0.0842. The van der Waals surface area contributed by atoms with Crippen molar-refractivity contribution in [2.24, 2.45) is 5.73 Å². The molecule has 1 aromatic carbocycles. The van der Waals surface area contributed by atoms with Crippen molar-refractivity contribution in [2.45, 2.75) is 25.9 Å². The van der Waals surface area contributed by atoms with E-state index < -0.39 is 0 Å². The van der Waals surface area contributed by atoms with Crippen LogP contribution in [0.2, 0.25) is 10.0 Å². The van der Waals surface area contributed by atoms with Crippen LogP contribution >= 0.6 is 23.2 Å². The van der Waals surface area contributed by atoms with Crippen LogP contribution in [0.5, 0.6) is 0 Å². The van der Waals surface area contributed by atoms with E-state index in [4.69, 9.17) is 28.9 Å². The number of nitrogens with two attached hydrogens (primary N) is 1. The summed E-state index contributed by atoms with van der Waals surface area (Å²) in [5, 5.41) is 1.39. The fourth-order valence-electron chi connectivity index (χ4n) is 1.81. The average Bonchev–Trinajstić information content (AvgIpc) is 2.70. The van der Waals surface area contributed by atoms with Crippen molar-refractivity contribution in [3.05, 3.63) is 52.0 Å². The van der Waals surface area contributed by atoms with Crippen LogP contribution in [0.15, 0.2) is 30.6 Å². The van der Waals surface area contributed by atoms with Gasteiger partial charge in [0, 0.05) is 34.9 Å². The van der Waals surface area contributed by atoms with Gasteiger partial charge in [0.15, 0.2) is 0 Å². The maximum atomic E-state index is 6.15. The van der Waals surface area contributed by atoms with Crippen LogP contribution in [0.4, 0.5) is 0 Å². The second kappa shape index (κ2) is 5.74. The second-order valence-corrected chi connectivity index (χ2v) is 5.23. The average molecular weight is 284 g/mol. The molecule has 0 fully saturated rings. The third-order valence-electron chi connectivity index (χ3n) is 2.65. The molecule has 0 aliphatic heterocycles. The predicted molar refractivity (Wildman–Crippen MR) is 75.1 cm³/mol. The Kier molecular flexibility index (Phi) is 4.27. The van der Waals surface area contributed by atoms with Gasteiger partial charge in [-0.25, -0.2) is 4.98 Å². The first-order valence-corrected chi connectivity index (χ1v) is 6.51. The highest BCUT2D eigenvalue weighted by molar-refractivity contribution is 6.33. The molecule has 18 heavy (non-hydrogen) atoms. The van der Waals surface area contributed by atoms with Crippen molar-refractivity contribution in [1.29, 1.82) is 0 Å². The molecule has 0 radical (unpaired) electrons. The summed E-state index contributed by atoms with van der Waals surface area (Å²) in [6.07, 6.45) is 4.44. The lowest BCUT2D eigenvalue weighted by Gasteiger charge is -2.11. The van der Waals surface area contributed by atoms with Crippen LogP contribution in [0.3, 0.4) is 0 Å². The van der Waals surface area contributed by atoms with Crippen LogP contribution in [0.25, 0.3) is 0 Å². The lowest BCUT2D eigenvalue weighted by molar-refractivity contribution is 0.648. The normalized spacial score (nSPS) is 12.7. The van der Waals surface area contributed by atoms with Gasteiger partial charge in [0.05, 0.1) is 6.54 Å². The SMILES string of the molecule is CC(N)Cc1nccn1Cc1cc(Cl)ccc1Cl. The Bertz CT molecular complexity index is 535. The Hall–Kier alpha value is -1.03. The van der Waals surface area contributed by atoms with Crippen molar-refractivity contribution in [1.82, 2.24) is 9.55 Å². The van der Waals surface area contributed by atoms with E-state index in [-0.39, 0.29) is 6.04 Å². The van der Waals surface area contributed by atoms with Crippen LogP contribution < -0.4 is 5.73 Å². The zero-order valence-corrected chi connectivity index (χ0v) is 11.6. The third kappa shape index (κ3) is 3.25.